The van der Waals surface area contributed by atoms with Crippen molar-refractivity contribution in [2.24, 2.45) is 0 Å². The van der Waals surface area contributed by atoms with Crippen molar-refractivity contribution in [3.63, 3.8) is 0 Å². The summed E-state index contributed by atoms with van der Waals surface area (Å²) < 4.78 is 11.9. The number of rotatable bonds is 11. The van der Waals surface area contributed by atoms with Crippen molar-refractivity contribution in [2.75, 3.05) is 13.7 Å². The number of nitrogens with zero attached hydrogens (tertiary/aromatic N) is 1. The Morgan fingerprint density at radius 1 is 1.09 bits per heavy atom. The van der Waals surface area contributed by atoms with Gasteiger partial charge in [0, 0.05) is 12.6 Å². The van der Waals surface area contributed by atoms with Crippen molar-refractivity contribution in [1.82, 2.24) is 10.2 Å². The minimum absolute atomic E-state index is 0.0306. The standard InChI is InChI=1S/C25H33BrN2O4/c1-6-17(3)27-25(30)18(4)28(15-20-9-8-10-21(13-20)31-5)24(29)16-32-23-12-11-19(7-2)14-22(23)26/h8-14,17-18H,6-7,15-16H2,1-5H3,(H,27,30)/t17-,18-/m1/s1. The zero-order valence-corrected chi connectivity index (χ0v) is 21.1. The molecule has 0 saturated heterocycles. The molecule has 7 heteroatoms. The highest BCUT2D eigenvalue weighted by Crippen LogP contribution is 2.26. The van der Waals surface area contributed by atoms with Crippen molar-refractivity contribution in [2.45, 2.75) is 59.2 Å². The van der Waals surface area contributed by atoms with Gasteiger partial charge >= 0.3 is 0 Å². The summed E-state index contributed by atoms with van der Waals surface area (Å²) in [6.07, 6.45) is 1.72. The van der Waals surface area contributed by atoms with Crippen molar-refractivity contribution in [1.29, 1.82) is 0 Å². The van der Waals surface area contributed by atoms with E-state index in [-0.39, 0.29) is 31.0 Å². The van der Waals surface area contributed by atoms with E-state index in [1.807, 2.05) is 56.3 Å². The van der Waals surface area contributed by atoms with Gasteiger partial charge in [0.25, 0.3) is 5.91 Å². The molecule has 0 aromatic heterocycles. The largest absolute Gasteiger partial charge is 0.497 e. The molecule has 0 spiro atoms. The Kier molecular flexibility index (Phi) is 10.0. The predicted octanol–water partition coefficient (Wildman–Crippen LogP) is 4.73. The van der Waals surface area contributed by atoms with E-state index in [4.69, 9.17) is 9.47 Å². The minimum atomic E-state index is -0.655. The molecule has 0 aliphatic rings. The van der Waals surface area contributed by atoms with Crippen molar-refractivity contribution >= 4 is 27.7 Å². The normalized spacial score (nSPS) is 12.6. The Morgan fingerprint density at radius 2 is 1.84 bits per heavy atom. The molecule has 32 heavy (non-hydrogen) atoms. The fraction of sp³-hybridized carbons (Fsp3) is 0.440. The second-order valence-electron chi connectivity index (χ2n) is 7.77. The Bertz CT molecular complexity index is 919. The van der Waals surface area contributed by atoms with Gasteiger partial charge in [-0.3, -0.25) is 9.59 Å². The number of halogens is 1. The topological polar surface area (TPSA) is 67.9 Å². The smallest absolute Gasteiger partial charge is 0.261 e. The maximum Gasteiger partial charge on any atom is 0.261 e. The van der Waals surface area contributed by atoms with Crippen LogP contribution in [0.25, 0.3) is 0 Å². The third-order valence-electron chi connectivity index (χ3n) is 5.41. The zero-order chi connectivity index (χ0) is 23.7. The Hall–Kier alpha value is -2.54. The summed E-state index contributed by atoms with van der Waals surface area (Å²) in [6.45, 7) is 7.86. The van der Waals surface area contributed by atoms with E-state index in [0.29, 0.717) is 11.5 Å². The van der Waals surface area contributed by atoms with E-state index in [1.165, 1.54) is 5.56 Å². The Balaban J connectivity index is 2.19. The lowest BCUT2D eigenvalue weighted by atomic mass is 10.1. The second kappa shape index (κ2) is 12.5. The fourth-order valence-corrected chi connectivity index (χ4v) is 3.66. The number of ether oxygens (including phenoxy) is 2. The van der Waals surface area contributed by atoms with E-state index >= 15 is 0 Å². The van der Waals surface area contributed by atoms with Gasteiger partial charge in [0.15, 0.2) is 6.61 Å². The predicted molar refractivity (Wildman–Crippen MR) is 130 cm³/mol. The molecule has 0 unspecified atom stereocenters. The lowest BCUT2D eigenvalue weighted by Crippen LogP contribution is -2.50. The molecule has 0 fully saturated rings. The maximum absolute atomic E-state index is 13.2. The molecular weight excluding hydrogens is 472 g/mol. The monoisotopic (exact) mass is 504 g/mol. The molecule has 0 heterocycles. The molecule has 0 bridgehead atoms. The van der Waals surface area contributed by atoms with Gasteiger partial charge in [0.05, 0.1) is 11.6 Å². The summed E-state index contributed by atoms with van der Waals surface area (Å²) in [6, 6.07) is 12.7. The summed E-state index contributed by atoms with van der Waals surface area (Å²) in [5, 5.41) is 2.96. The van der Waals surface area contributed by atoms with Crippen LogP contribution in [0.15, 0.2) is 46.9 Å². The van der Waals surface area contributed by atoms with Crippen LogP contribution < -0.4 is 14.8 Å². The molecule has 2 amide bonds. The third-order valence-corrected chi connectivity index (χ3v) is 6.03. The SMILES string of the molecule is CCc1ccc(OCC(=O)N(Cc2cccc(OC)c2)[C@H](C)C(=O)N[C@H](C)CC)c(Br)c1. The molecule has 6 nitrogen and oxygen atoms in total. The molecule has 0 saturated carbocycles. The van der Waals surface area contributed by atoms with E-state index in [1.54, 1.807) is 18.9 Å². The Morgan fingerprint density at radius 3 is 2.47 bits per heavy atom. The second-order valence-corrected chi connectivity index (χ2v) is 8.63. The van der Waals surface area contributed by atoms with Gasteiger partial charge in [-0.25, -0.2) is 0 Å². The molecule has 2 rings (SSSR count). The lowest BCUT2D eigenvalue weighted by Gasteiger charge is -2.29. The summed E-state index contributed by atoms with van der Waals surface area (Å²) in [5.41, 5.74) is 2.04. The molecule has 0 aliphatic carbocycles. The number of benzene rings is 2. The van der Waals surface area contributed by atoms with Crippen LogP contribution in [0.1, 0.15) is 45.2 Å². The zero-order valence-electron chi connectivity index (χ0n) is 19.5. The molecule has 1 N–H and O–H groups in total. The number of carbonyl (C=O) groups is 2. The molecule has 2 atom stereocenters. The minimum Gasteiger partial charge on any atom is -0.497 e. The number of aryl methyl sites for hydroxylation is 1. The highest BCUT2D eigenvalue weighted by molar-refractivity contribution is 9.10. The van der Waals surface area contributed by atoms with Crippen LogP contribution in [-0.4, -0.2) is 42.5 Å². The van der Waals surface area contributed by atoms with Crippen molar-refractivity contribution in [3.05, 3.63) is 58.1 Å². The number of nitrogens with one attached hydrogen (secondary N) is 1. The summed E-state index contributed by atoms with van der Waals surface area (Å²) in [7, 11) is 1.60. The number of methoxy groups -OCH3 is 1. The van der Waals surface area contributed by atoms with Crippen molar-refractivity contribution < 1.29 is 19.1 Å². The maximum atomic E-state index is 13.2. The number of hydrogen-bond acceptors (Lipinski definition) is 4. The van der Waals surface area contributed by atoms with Crippen LogP contribution in [0.2, 0.25) is 0 Å². The van der Waals surface area contributed by atoms with Gasteiger partial charge in [-0.1, -0.05) is 32.0 Å². The van der Waals surface area contributed by atoms with Crippen LogP contribution in [0.4, 0.5) is 0 Å². The number of carbonyl (C=O) groups excluding carboxylic acids is 2. The third kappa shape index (κ3) is 7.26. The van der Waals surface area contributed by atoms with Crippen LogP contribution in [0, 0.1) is 0 Å². The first-order valence-corrected chi connectivity index (χ1v) is 11.7. The van der Waals surface area contributed by atoms with Crippen LogP contribution in [0.3, 0.4) is 0 Å². The van der Waals surface area contributed by atoms with Gasteiger partial charge in [-0.15, -0.1) is 0 Å². The molecule has 0 radical (unpaired) electrons. The van der Waals surface area contributed by atoms with Crippen LogP contribution in [0.5, 0.6) is 11.5 Å². The van der Waals surface area contributed by atoms with Crippen LogP contribution in [-0.2, 0) is 22.6 Å². The number of hydrogen-bond donors (Lipinski definition) is 1. The van der Waals surface area contributed by atoms with Crippen molar-refractivity contribution in [3.8, 4) is 11.5 Å². The van der Waals surface area contributed by atoms with E-state index < -0.39 is 6.04 Å². The quantitative estimate of drug-likeness (QED) is 0.480. The van der Waals surface area contributed by atoms with Gasteiger partial charge in [0.2, 0.25) is 5.91 Å². The molecule has 0 aliphatic heterocycles. The first-order valence-electron chi connectivity index (χ1n) is 10.9. The molecule has 2 aromatic rings. The highest BCUT2D eigenvalue weighted by Gasteiger charge is 2.27. The summed E-state index contributed by atoms with van der Waals surface area (Å²) in [4.78, 5) is 27.5. The fourth-order valence-electron chi connectivity index (χ4n) is 3.12. The van der Waals surface area contributed by atoms with Crippen LogP contribution >= 0.6 is 15.9 Å². The lowest BCUT2D eigenvalue weighted by molar-refractivity contribution is -0.142. The Labute approximate surface area is 199 Å². The average molecular weight is 505 g/mol. The molecule has 174 valence electrons. The van der Waals surface area contributed by atoms with Gasteiger partial charge in [0.1, 0.15) is 17.5 Å². The van der Waals surface area contributed by atoms with E-state index in [0.717, 1.165) is 22.9 Å². The first kappa shape index (κ1) is 25.7. The summed E-state index contributed by atoms with van der Waals surface area (Å²) in [5.74, 6) is 0.826. The summed E-state index contributed by atoms with van der Waals surface area (Å²) >= 11 is 3.50. The van der Waals surface area contributed by atoms with Gasteiger partial charge < -0.3 is 19.7 Å². The highest BCUT2D eigenvalue weighted by atomic mass is 79.9. The van der Waals surface area contributed by atoms with Gasteiger partial charge in [-0.05, 0) is 78.0 Å². The number of amides is 2. The molecule has 2 aromatic carbocycles. The average Bonchev–Trinajstić information content (AvgIpc) is 2.80. The van der Waals surface area contributed by atoms with E-state index in [2.05, 4.69) is 28.2 Å². The van der Waals surface area contributed by atoms with Gasteiger partial charge in [-0.2, -0.15) is 0 Å². The van der Waals surface area contributed by atoms with E-state index in [9.17, 15) is 9.59 Å². The first-order chi connectivity index (χ1) is 15.3. The molecular formula is C25H33BrN2O4.